The minimum absolute atomic E-state index is 0.178. The summed E-state index contributed by atoms with van der Waals surface area (Å²) in [5.41, 5.74) is -0.0371. The summed E-state index contributed by atoms with van der Waals surface area (Å²) in [6.45, 7) is 5.25. The number of rotatable bonds is 4. The Bertz CT molecular complexity index is 477. The van der Waals surface area contributed by atoms with Crippen molar-refractivity contribution in [1.29, 1.82) is 0 Å². The molecule has 0 fully saturated rings. The zero-order chi connectivity index (χ0) is 14.6. The first-order chi connectivity index (χ1) is 8.69. The van der Waals surface area contributed by atoms with Gasteiger partial charge in [0, 0.05) is 4.47 Å². The molecule has 19 heavy (non-hydrogen) atoms. The molecule has 0 aliphatic carbocycles. The van der Waals surface area contributed by atoms with Crippen LogP contribution >= 0.6 is 15.9 Å². The third-order valence-corrected chi connectivity index (χ3v) is 2.83. The maximum atomic E-state index is 11.7. The highest BCUT2D eigenvalue weighted by atomic mass is 79.9. The fraction of sp³-hybridized carbons (Fsp3) is 0.429. The van der Waals surface area contributed by atoms with Crippen LogP contribution in [0.3, 0.4) is 0 Å². The Hall–Kier alpha value is -1.36. The maximum Gasteiger partial charge on any atom is 0.311 e. The van der Waals surface area contributed by atoms with Crippen LogP contribution in [-0.2, 0) is 14.3 Å². The minimum atomic E-state index is -1.04. The molecule has 1 N–H and O–H groups in total. The average molecular weight is 329 g/mol. The summed E-state index contributed by atoms with van der Waals surface area (Å²) in [5.74, 6) is -2.45. The molecule has 0 aromatic heterocycles. The van der Waals surface area contributed by atoms with Gasteiger partial charge in [-0.2, -0.15) is 0 Å². The van der Waals surface area contributed by atoms with E-state index in [2.05, 4.69) is 15.9 Å². The molecular weight excluding hydrogens is 312 g/mol. The van der Waals surface area contributed by atoms with Gasteiger partial charge in [-0.3, -0.25) is 9.59 Å². The first kappa shape index (κ1) is 15.7. The van der Waals surface area contributed by atoms with E-state index in [0.717, 1.165) is 4.47 Å². The predicted molar refractivity (Wildman–Crippen MR) is 75.0 cm³/mol. The largest absolute Gasteiger partial charge is 0.481 e. The van der Waals surface area contributed by atoms with Gasteiger partial charge < -0.3 is 9.84 Å². The van der Waals surface area contributed by atoms with Crippen molar-refractivity contribution in [2.75, 3.05) is 0 Å². The summed E-state index contributed by atoms with van der Waals surface area (Å²) in [6.07, 6.45) is -0.178. The molecule has 1 aromatic rings. The van der Waals surface area contributed by atoms with Crippen molar-refractivity contribution in [3.63, 3.8) is 0 Å². The fourth-order valence-corrected chi connectivity index (χ4v) is 2.04. The topological polar surface area (TPSA) is 63.6 Å². The number of ether oxygens (including phenoxy) is 1. The van der Waals surface area contributed by atoms with Crippen LogP contribution in [0.15, 0.2) is 28.7 Å². The molecule has 0 saturated heterocycles. The van der Waals surface area contributed by atoms with Crippen LogP contribution < -0.4 is 0 Å². The molecule has 0 spiro atoms. The van der Waals surface area contributed by atoms with E-state index < -0.39 is 23.5 Å². The smallest absolute Gasteiger partial charge is 0.311 e. The number of carbonyl (C=O) groups excluding carboxylic acids is 1. The van der Waals surface area contributed by atoms with Gasteiger partial charge >= 0.3 is 11.9 Å². The van der Waals surface area contributed by atoms with Gasteiger partial charge in [-0.25, -0.2) is 0 Å². The van der Waals surface area contributed by atoms with Gasteiger partial charge in [-0.1, -0.05) is 28.1 Å². The molecule has 1 aromatic carbocycles. The lowest BCUT2D eigenvalue weighted by atomic mass is 9.96. The zero-order valence-corrected chi connectivity index (χ0v) is 12.7. The Morgan fingerprint density at radius 3 is 2.47 bits per heavy atom. The van der Waals surface area contributed by atoms with Crippen LogP contribution in [0.1, 0.15) is 38.7 Å². The van der Waals surface area contributed by atoms with E-state index in [1.807, 2.05) is 0 Å². The Labute approximate surface area is 120 Å². The molecule has 1 atom stereocenters. The standard InChI is InChI=1S/C14H17BrO4/c1-14(2,3)19-12(16)8-11(13(17)18)9-5-4-6-10(15)7-9/h4-7,11H,8H2,1-3H3,(H,17,18)/t11-/m1/s1. The van der Waals surface area contributed by atoms with Crippen molar-refractivity contribution in [2.24, 2.45) is 0 Å². The van der Waals surface area contributed by atoms with E-state index in [0.29, 0.717) is 5.56 Å². The number of benzene rings is 1. The van der Waals surface area contributed by atoms with Gasteiger partial charge in [-0.05, 0) is 38.5 Å². The number of esters is 1. The van der Waals surface area contributed by atoms with Gasteiger partial charge in [0.2, 0.25) is 0 Å². The van der Waals surface area contributed by atoms with Crippen LogP contribution in [0, 0.1) is 0 Å². The van der Waals surface area contributed by atoms with E-state index in [1.165, 1.54) is 0 Å². The Balaban J connectivity index is 2.85. The van der Waals surface area contributed by atoms with Crippen LogP contribution in [0.4, 0.5) is 0 Å². The molecule has 0 unspecified atom stereocenters. The first-order valence-electron chi connectivity index (χ1n) is 5.89. The second-order valence-electron chi connectivity index (χ2n) is 5.24. The van der Waals surface area contributed by atoms with Gasteiger partial charge in [-0.15, -0.1) is 0 Å². The number of carbonyl (C=O) groups is 2. The molecular formula is C14H17BrO4. The molecule has 4 nitrogen and oxygen atoms in total. The predicted octanol–water partition coefficient (Wildman–Crippen LogP) is 3.35. The SMILES string of the molecule is CC(C)(C)OC(=O)C[C@@H](C(=O)O)c1cccc(Br)c1. The van der Waals surface area contributed by atoms with Crippen molar-refractivity contribution in [3.05, 3.63) is 34.3 Å². The van der Waals surface area contributed by atoms with Crippen molar-refractivity contribution >= 4 is 27.9 Å². The quantitative estimate of drug-likeness (QED) is 0.861. The second-order valence-corrected chi connectivity index (χ2v) is 6.15. The molecule has 0 heterocycles. The summed E-state index contributed by atoms with van der Waals surface area (Å²) in [5, 5.41) is 9.24. The van der Waals surface area contributed by atoms with Gasteiger partial charge in [0.1, 0.15) is 5.60 Å². The second kappa shape index (κ2) is 6.19. The highest BCUT2D eigenvalue weighted by molar-refractivity contribution is 9.10. The third kappa shape index (κ3) is 5.42. The van der Waals surface area contributed by atoms with E-state index in [-0.39, 0.29) is 6.42 Å². The Morgan fingerprint density at radius 1 is 1.37 bits per heavy atom. The summed E-state index contributed by atoms with van der Waals surface area (Å²) >= 11 is 3.29. The third-order valence-electron chi connectivity index (χ3n) is 2.34. The lowest BCUT2D eigenvalue weighted by Gasteiger charge is -2.21. The molecule has 104 valence electrons. The van der Waals surface area contributed by atoms with Crippen molar-refractivity contribution < 1.29 is 19.4 Å². The van der Waals surface area contributed by atoms with E-state index >= 15 is 0 Å². The van der Waals surface area contributed by atoms with Crippen molar-refractivity contribution in [1.82, 2.24) is 0 Å². The van der Waals surface area contributed by atoms with Crippen LogP contribution in [-0.4, -0.2) is 22.6 Å². The van der Waals surface area contributed by atoms with Crippen LogP contribution in [0.25, 0.3) is 0 Å². The number of hydrogen-bond donors (Lipinski definition) is 1. The maximum absolute atomic E-state index is 11.7. The van der Waals surface area contributed by atoms with E-state index in [4.69, 9.17) is 4.74 Å². The van der Waals surface area contributed by atoms with Gasteiger partial charge in [0.15, 0.2) is 0 Å². The highest BCUT2D eigenvalue weighted by Crippen LogP contribution is 2.24. The van der Waals surface area contributed by atoms with E-state index in [9.17, 15) is 14.7 Å². The van der Waals surface area contributed by atoms with Gasteiger partial charge in [0.25, 0.3) is 0 Å². The Kier molecular flexibility index (Phi) is 5.11. The Morgan fingerprint density at radius 2 is 2.00 bits per heavy atom. The van der Waals surface area contributed by atoms with Crippen LogP contribution in [0.5, 0.6) is 0 Å². The van der Waals surface area contributed by atoms with Crippen molar-refractivity contribution in [2.45, 2.75) is 38.7 Å². The molecule has 0 radical (unpaired) electrons. The minimum Gasteiger partial charge on any atom is -0.481 e. The first-order valence-corrected chi connectivity index (χ1v) is 6.68. The number of carboxylic acid groups (broad SMARTS) is 1. The number of hydrogen-bond acceptors (Lipinski definition) is 3. The lowest BCUT2D eigenvalue weighted by molar-refractivity contribution is -0.158. The molecule has 1 rings (SSSR count). The van der Waals surface area contributed by atoms with Gasteiger partial charge in [0.05, 0.1) is 12.3 Å². The number of aliphatic carboxylic acids is 1. The molecule has 0 amide bonds. The number of carboxylic acids is 1. The van der Waals surface area contributed by atoms with E-state index in [1.54, 1.807) is 45.0 Å². The monoisotopic (exact) mass is 328 g/mol. The summed E-state index contributed by atoms with van der Waals surface area (Å²) in [4.78, 5) is 23.0. The van der Waals surface area contributed by atoms with Crippen LogP contribution in [0.2, 0.25) is 0 Å². The summed E-state index contributed by atoms with van der Waals surface area (Å²) in [6, 6.07) is 6.93. The normalized spacial score (nSPS) is 12.8. The molecule has 0 aliphatic heterocycles. The zero-order valence-electron chi connectivity index (χ0n) is 11.1. The molecule has 0 aliphatic rings. The summed E-state index contributed by atoms with van der Waals surface area (Å²) in [7, 11) is 0. The summed E-state index contributed by atoms with van der Waals surface area (Å²) < 4.78 is 5.93. The molecule has 0 bridgehead atoms. The van der Waals surface area contributed by atoms with Crippen molar-refractivity contribution in [3.8, 4) is 0 Å². The lowest BCUT2D eigenvalue weighted by Crippen LogP contribution is -2.26. The number of halogens is 1. The fourth-order valence-electron chi connectivity index (χ4n) is 1.62. The molecule has 0 saturated carbocycles. The highest BCUT2D eigenvalue weighted by Gasteiger charge is 2.26. The average Bonchev–Trinajstić information content (AvgIpc) is 2.23. The molecule has 5 heteroatoms.